The number of carbonyl (C=O) groups excluding carboxylic acids is 1. The molecule has 164 valence electrons. The van der Waals surface area contributed by atoms with E-state index < -0.39 is 23.0 Å². The molecule has 2 heterocycles. The number of nitrogens with zero attached hydrogens (tertiary/aromatic N) is 1. The van der Waals surface area contributed by atoms with Crippen molar-refractivity contribution in [3.8, 4) is 11.3 Å². The van der Waals surface area contributed by atoms with E-state index >= 15 is 0 Å². The Morgan fingerprint density at radius 2 is 1.87 bits per heavy atom. The van der Waals surface area contributed by atoms with E-state index in [1.807, 2.05) is 0 Å². The number of rotatable bonds is 4. The Balaban J connectivity index is 0.00000272. The van der Waals surface area contributed by atoms with Gasteiger partial charge in [0.25, 0.3) is 5.91 Å². The second kappa shape index (κ2) is 9.40. The molecule has 2 N–H and O–H groups in total. The Kier molecular flexibility index (Phi) is 7.06. The maximum absolute atomic E-state index is 14.4. The normalized spacial score (nSPS) is 18.1. The molecule has 1 aliphatic rings. The fourth-order valence-electron chi connectivity index (χ4n) is 3.62. The summed E-state index contributed by atoms with van der Waals surface area (Å²) < 4.78 is 47.4. The van der Waals surface area contributed by atoms with Gasteiger partial charge < -0.3 is 15.4 Å². The highest BCUT2D eigenvalue weighted by Gasteiger charge is 2.28. The monoisotopic (exact) mass is 471 g/mol. The van der Waals surface area contributed by atoms with Gasteiger partial charge in [-0.2, -0.15) is 0 Å². The summed E-state index contributed by atoms with van der Waals surface area (Å²) in [6.07, 6.45) is 1.10. The van der Waals surface area contributed by atoms with Gasteiger partial charge in [0, 0.05) is 54.9 Å². The second-order valence-corrected chi connectivity index (χ2v) is 7.38. The lowest BCUT2D eigenvalue weighted by Gasteiger charge is -2.19. The number of hydrogen-bond acceptors (Lipinski definition) is 4. The fourth-order valence-corrected chi connectivity index (χ4v) is 3.83. The van der Waals surface area contributed by atoms with Crippen molar-refractivity contribution in [2.45, 2.75) is 12.1 Å². The minimum Gasteiger partial charge on any atom is -0.378 e. The summed E-state index contributed by atoms with van der Waals surface area (Å²) in [5.41, 5.74) is -0.302. The van der Waals surface area contributed by atoms with Crippen LogP contribution < -0.4 is 10.6 Å². The van der Waals surface area contributed by atoms with Crippen LogP contribution in [0.1, 0.15) is 10.4 Å². The molecule has 0 saturated carbocycles. The minimum atomic E-state index is -1.10. The number of benzene rings is 2. The van der Waals surface area contributed by atoms with Crippen LogP contribution >= 0.6 is 24.0 Å². The summed E-state index contributed by atoms with van der Waals surface area (Å²) in [4.78, 5) is 16.8. The molecule has 2 atom stereocenters. The van der Waals surface area contributed by atoms with Crippen LogP contribution in [0.25, 0.3) is 22.0 Å². The first-order valence-electron chi connectivity index (χ1n) is 9.16. The van der Waals surface area contributed by atoms with E-state index in [1.54, 1.807) is 19.2 Å². The number of amides is 1. The largest absolute Gasteiger partial charge is 0.378 e. The smallest absolute Gasteiger partial charge is 0.251 e. The minimum absolute atomic E-state index is 0. The SMILES string of the molecule is CO[C@H]1CNC[C@@H]1NC(=O)c1ccc2c(Cl)cnc(-c3c(F)cc(F)cc3F)c2c1.Cl. The molecule has 4 rings (SSSR count). The van der Waals surface area contributed by atoms with Crippen LogP contribution in [-0.4, -0.2) is 43.2 Å². The maximum atomic E-state index is 14.4. The third-order valence-electron chi connectivity index (χ3n) is 5.12. The molecule has 1 fully saturated rings. The molecule has 5 nitrogen and oxygen atoms in total. The quantitative estimate of drug-likeness (QED) is 0.600. The topological polar surface area (TPSA) is 63.2 Å². The molecule has 1 aromatic heterocycles. The van der Waals surface area contributed by atoms with Gasteiger partial charge >= 0.3 is 0 Å². The van der Waals surface area contributed by atoms with Crippen LogP contribution in [0.4, 0.5) is 13.2 Å². The van der Waals surface area contributed by atoms with Gasteiger partial charge in [-0.3, -0.25) is 9.78 Å². The number of carbonyl (C=O) groups is 1. The number of methoxy groups -OCH3 is 1. The van der Waals surface area contributed by atoms with E-state index in [9.17, 15) is 18.0 Å². The van der Waals surface area contributed by atoms with Gasteiger partial charge in [0.05, 0.1) is 28.4 Å². The van der Waals surface area contributed by atoms with Crippen molar-refractivity contribution in [2.24, 2.45) is 0 Å². The molecule has 31 heavy (non-hydrogen) atoms. The zero-order chi connectivity index (χ0) is 21.4. The predicted octanol–water partition coefficient (Wildman–Crippen LogP) is 4.11. The molecule has 0 aliphatic carbocycles. The van der Waals surface area contributed by atoms with Crippen molar-refractivity contribution in [2.75, 3.05) is 20.2 Å². The second-order valence-electron chi connectivity index (χ2n) is 6.97. The summed E-state index contributed by atoms with van der Waals surface area (Å²) in [5.74, 6) is -3.61. The number of halogens is 5. The number of aromatic nitrogens is 1. The lowest BCUT2D eigenvalue weighted by atomic mass is 10.0. The van der Waals surface area contributed by atoms with Crippen LogP contribution in [-0.2, 0) is 4.74 Å². The third-order valence-corrected chi connectivity index (χ3v) is 5.42. The molecule has 0 unspecified atom stereocenters. The van der Waals surface area contributed by atoms with Crippen LogP contribution in [0, 0.1) is 17.5 Å². The van der Waals surface area contributed by atoms with Crippen LogP contribution in [0.3, 0.4) is 0 Å². The zero-order valence-corrected chi connectivity index (χ0v) is 17.8. The molecular weight excluding hydrogens is 454 g/mol. The van der Waals surface area contributed by atoms with Gasteiger partial charge in [0.15, 0.2) is 0 Å². The molecular formula is C21H18Cl2F3N3O2. The summed E-state index contributed by atoms with van der Waals surface area (Å²) >= 11 is 6.19. The summed E-state index contributed by atoms with van der Waals surface area (Å²) in [5, 5.41) is 7.00. The lowest BCUT2D eigenvalue weighted by Crippen LogP contribution is -2.43. The molecule has 0 bridgehead atoms. The summed E-state index contributed by atoms with van der Waals surface area (Å²) in [6.45, 7) is 1.18. The zero-order valence-electron chi connectivity index (χ0n) is 16.2. The molecule has 10 heteroatoms. The Morgan fingerprint density at radius 3 is 2.55 bits per heavy atom. The highest BCUT2D eigenvalue weighted by atomic mass is 35.5. The van der Waals surface area contributed by atoms with Crippen molar-refractivity contribution in [1.82, 2.24) is 15.6 Å². The number of fused-ring (bicyclic) bond motifs is 1. The van der Waals surface area contributed by atoms with Crippen molar-refractivity contribution in [3.63, 3.8) is 0 Å². The van der Waals surface area contributed by atoms with Crippen molar-refractivity contribution in [1.29, 1.82) is 0 Å². The summed E-state index contributed by atoms with van der Waals surface area (Å²) in [6, 6.07) is 5.55. The van der Waals surface area contributed by atoms with Crippen LogP contribution in [0.2, 0.25) is 5.02 Å². The van der Waals surface area contributed by atoms with E-state index in [1.165, 1.54) is 12.3 Å². The summed E-state index contributed by atoms with van der Waals surface area (Å²) in [7, 11) is 1.57. The standard InChI is InChI=1S/C21H17ClF3N3O2.ClH/c1-30-18-9-26-8-17(18)28-21(29)10-2-3-12-13(4-10)20(27-7-14(12)22)19-15(24)5-11(23)6-16(19)25;/h2-7,17-18,26H,8-9H2,1H3,(H,28,29);1H/t17-,18-;/m0./s1. The molecule has 2 aromatic carbocycles. The van der Waals surface area contributed by atoms with Gasteiger partial charge in [-0.15, -0.1) is 12.4 Å². The average molecular weight is 472 g/mol. The lowest BCUT2D eigenvalue weighted by molar-refractivity contribution is 0.0780. The van der Waals surface area contributed by atoms with Crippen LogP contribution in [0.15, 0.2) is 36.5 Å². The molecule has 1 saturated heterocycles. The number of hydrogen-bond donors (Lipinski definition) is 2. The number of pyridine rings is 1. The molecule has 3 aromatic rings. The van der Waals surface area contributed by atoms with E-state index in [4.69, 9.17) is 16.3 Å². The van der Waals surface area contributed by atoms with Gasteiger partial charge in [-0.25, -0.2) is 13.2 Å². The number of nitrogens with one attached hydrogen (secondary N) is 2. The molecule has 0 radical (unpaired) electrons. The van der Waals surface area contributed by atoms with Crippen molar-refractivity contribution >= 4 is 40.7 Å². The molecule has 1 amide bonds. The average Bonchev–Trinajstić information content (AvgIpc) is 3.15. The number of ether oxygens (including phenoxy) is 1. The fraction of sp³-hybridized carbons (Fsp3) is 0.238. The molecule has 0 spiro atoms. The van der Waals surface area contributed by atoms with Gasteiger partial charge in [-0.05, 0) is 12.1 Å². The van der Waals surface area contributed by atoms with Gasteiger partial charge in [-0.1, -0.05) is 17.7 Å². The first-order valence-corrected chi connectivity index (χ1v) is 9.54. The Labute approximate surface area is 187 Å². The van der Waals surface area contributed by atoms with E-state index in [2.05, 4.69) is 15.6 Å². The highest BCUT2D eigenvalue weighted by Crippen LogP contribution is 2.34. The Hall–Kier alpha value is -2.39. The van der Waals surface area contributed by atoms with E-state index in [-0.39, 0.29) is 52.1 Å². The van der Waals surface area contributed by atoms with Gasteiger partial charge in [0.1, 0.15) is 17.5 Å². The first kappa shape index (κ1) is 23.3. The van der Waals surface area contributed by atoms with E-state index in [0.717, 1.165) is 0 Å². The Morgan fingerprint density at radius 1 is 1.16 bits per heavy atom. The highest BCUT2D eigenvalue weighted by molar-refractivity contribution is 6.35. The maximum Gasteiger partial charge on any atom is 0.251 e. The van der Waals surface area contributed by atoms with Crippen LogP contribution in [0.5, 0.6) is 0 Å². The van der Waals surface area contributed by atoms with Gasteiger partial charge in [0.2, 0.25) is 0 Å². The van der Waals surface area contributed by atoms with Crippen molar-refractivity contribution < 1.29 is 22.7 Å². The van der Waals surface area contributed by atoms with E-state index in [0.29, 0.717) is 30.6 Å². The molecule has 1 aliphatic heterocycles. The first-order chi connectivity index (χ1) is 14.4. The third kappa shape index (κ3) is 4.48. The Bertz CT molecular complexity index is 1120. The van der Waals surface area contributed by atoms with Crippen molar-refractivity contribution in [3.05, 3.63) is 64.6 Å². The predicted molar refractivity (Wildman–Crippen MR) is 114 cm³/mol.